The van der Waals surface area contributed by atoms with Gasteiger partial charge in [0.25, 0.3) is 0 Å². The number of pyridine rings is 1. The standard InChI is InChI=1S/C17H12F3N5/c18-17(19,20)13-6-2-1-4-12(13)10-25-16-14(9-22-25)23-15(24-16)11-5-3-7-21-8-11/h1-9H,10H2,(H,23,24). The first-order valence-corrected chi connectivity index (χ1v) is 7.49. The second-order valence-electron chi connectivity index (χ2n) is 5.52. The average molecular weight is 343 g/mol. The van der Waals surface area contributed by atoms with E-state index < -0.39 is 11.7 Å². The largest absolute Gasteiger partial charge is 0.416 e. The Labute approximate surface area is 140 Å². The molecule has 3 aromatic heterocycles. The van der Waals surface area contributed by atoms with Gasteiger partial charge in [0.15, 0.2) is 5.65 Å². The number of aromatic amines is 1. The van der Waals surface area contributed by atoms with E-state index in [1.165, 1.54) is 16.8 Å². The van der Waals surface area contributed by atoms with E-state index in [1.54, 1.807) is 30.7 Å². The van der Waals surface area contributed by atoms with Gasteiger partial charge in [-0.1, -0.05) is 18.2 Å². The molecule has 5 nitrogen and oxygen atoms in total. The molecule has 25 heavy (non-hydrogen) atoms. The molecule has 0 unspecified atom stereocenters. The summed E-state index contributed by atoms with van der Waals surface area (Å²) in [4.78, 5) is 11.6. The van der Waals surface area contributed by atoms with Crippen LogP contribution in [0.5, 0.6) is 0 Å². The maximum atomic E-state index is 13.2. The van der Waals surface area contributed by atoms with Gasteiger partial charge in [-0.15, -0.1) is 0 Å². The van der Waals surface area contributed by atoms with Crippen LogP contribution in [0.15, 0.2) is 55.0 Å². The maximum absolute atomic E-state index is 13.2. The number of halogens is 3. The van der Waals surface area contributed by atoms with Gasteiger partial charge in [-0.05, 0) is 23.8 Å². The first-order chi connectivity index (χ1) is 12.0. The summed E-state index contributed by atoms with van der Waals surface area (Å²) in [5, 5.41) is 4.15. The Morgan fingerprint density at radius 2 is 1.88 bits per heavy atom. The van der Waals surface area contributed by atoms with E-state index in [4.69, 9.17) is 0 Å². The van der Waals surface area contributed by atoms with E-state index in [9.17, 15) is 13.2 Å². The predicted molar refractivity (Wildman–Crippen MR) is 85.7 cm³/mol. The number of benzene rings is 1. The molecular weight excluding hydrogens is 331 g/mol. The zero-order valence-electron chi connectivity index (χ0n) is 12.8. The average Bonchev–Trinajstić information content (AvgIpc) is 3.17. The lowest BCUT2D eigenvalue weighted by Gasteiger charge is -2.12. The highest BCUT2D eigenvalue weighted by Gasteiger charge is 2.33. The molecule has 0 saturated heterocycles. The molecule has 0 aliphatic rings. The maximum Gasteiger partial charge on any atom is 0.416 e. The van der Waals surface area contributed by atoms with Gasteiger partial charge in [-0.25, -0.2) is 9.67 Å². The summed E-state index contributed by atoms with van der Waals surface area (Å²) in [6.07, 6.45) is 0.462. The minimum atomic E-state index is -4.41. The van der Waals surface area contributed by atoms with Gasteiger partial charge < -0.3 is 4.98 Å². The molecule has 0 fully saturated rings. The summed E-state index contributed by atoms with van der Waals surface area (Å²) in [5.74, 6) is 0.596. The number of fused-ring (bicyclic) bond motifs is 1. The lowest BCUT2D eigenvalue weighted by Crippen LogP contribution is -2.12. The minimum absolute atomic E-state index is 0.0173. The molecular formula is C17H12F3N5. The first kappa shape index (κ1) is 15.4. The molecule has 126 valence electrons. The van der Waals surface area contributed by atoms with Crippen molar-refractivity contribution in [1.29, 1.82) is 0 Å². The van der Waals surface area contributed by atoms with Crippen LogP contribution >= 0.6 is 0 Å². The quantitative estimate of drug-likeness (QED) is 0.614. The number of rotatable bonds is 3. The van der Waals surface area contributed by atoms with Crippen LogP contribution < -0.4 is 0 Å². The van der Waals surface area contributed by atoms with Crippen molar-refractivity contribution in [2.24, 2.45) is 0 Å². The van der Waals surface area contributed by atoms with Gasteiger partial charge in [0, 0.05) is 18.0 Å². The van der Waals surface area contributed by atoms with E-state index >= 15 is 0 Å². The van der Waals surface area contributed by atoms with Gasteiger partial charge in [0.2, 0.25) is 0 Å². The van der Waals surface area contributed by atoms with Crippen molar-refractivity contribution in [3.8, 4) is 11.4 Å². The number of imidazole rings is 1. The van der Waals surface area contributed by atoms with E-state index in [0.717, 1.165) is 11.6 Å². The predicted octanol–water partition coefficient (Wildman–Crippen LogP) is 3.89. The molecule has 0 spiro atoms. The van der Waals surface area contributed by atoms with Crippen molar-refractivity contribution < 1.29 is 13.2 Å². The first-order valence-electron chi connectivity index (χ1n) is 7.49. The summed E-state index contributed by atoms with van der Waals surface area (Å²) >= 11 is 0. The Kier molecular flexibility index (Phi) is 3.52. The van der Waals surface area contributed by atoms with Crippen LogP contribution in [0.2, 0.25) is 0 Å². The molecule has 0 aliphatic carbocycles. The van der Waals surface area contributed by atoms with Crippen molar-refractivity contribution in [3.05, 3.63) is 66.1 Å². The highest BCUT2D eigenvalue weighted by molar-refractivity contribution is 5.75. The third kappa shape index (κ3) is 2.86. The number of nitrogens with zero attached hydrogens (tertiary/aromatic N) is 4. The topological polar surface area (TPSA) is 59.4 Å². The normalized spacial score (nSPS) is 12.0. The third-order valence-electron chi connectivity index (χ3n) is 3.86. The van der Waals surface area contributed by atoms with Crippen LogP contribution in [0.3, 0.4) is 0 Å². The number of alkyl halides is 3. The number of hydrogen-bond acceptors (Lipinski definition) is 3. The fourth-order valence-electron chi connectivity index (χ4n) is 2.70. The molecule has 0 aliphatic heterocycles. The molecule has 4 rings (SSSR count). The monoisotopic (exact) mass is 343 g/mol. The summed E-state index contributed by atoms with van der Waals surface area (Å²) in [6.45, 7) is -0.0173. The Morgan fingerprint density at radius 3 is 2.64 bits per heavy atom. The molecule has 0 amide bonds. The van der Waals surface area contributed by atoms with Gasteiger partial charge >= 0.3 is 6.18 Å². The summed E-state index contributed by atoms with van der Waals surface area (Å²) in [6, 6.07) is 9.11. The van der Waals surface area contributed by atoms with Crippen molar-refractivity contribution in [2.75, 3.05) is 0 Å². The molecule has 3 heterocycles. The number of hydrogen-bond donors (Lipinski definition) is 1. The molecule has 0 saturated carbocycles. The number of aromatic nitrogens is 5. The second-order valence-corrected chi connectivity index (χ2v) is 5.52. The van der Waals surface area contributed by atoms with Crippen molar-refractivity contribution >= 4 is 11.2 Å². The molecule has 8 heteroatoms. The fraction of sp³-hybridized carbons (Fsp3) is 0.118. The van der Waals surface area contributed by atoms with E-state index in [-0.39, 0.29) is 12.1 Å². The van der Waals surface area contributed by atoms with E-state index in [2.05, 4.69) is 20.1 Å². The highest BCUT2D eigenvalue weighted by Crippen LogP contribution is 2.32. The van der Waals surface area contributed by atoms with Gasteiger partial charge in [0.1, 0.15) is 11.3 Å². The van der Waals surface area contributed by atoms with Crippen LogP contribution in [0.4, 0.5) is 13.2 Å². The van der Waals surface area contributed by atoms with Gasteiger partial charge in [-0.3, -0.25) is 4.98 Å². The number of nitrogens with one attached hydrogen (secondary N) is 1. The number of H-pyrrole nitrogens is 1. The van der Waals surface area contributed by atoms with Gasteiger partial charge in [-0.2, -0.15) is 18.3 Å². The van der Waals surface area contributed by atoms with E-state index in [0.29, 0.717) is 17.0 Å². The molecule has 1 aromatic carbocycles. The second kappa shape index (κ2) is 5.73. The molecule has 0 atom stereocenters. The van der Waals surface area contributed by atoms with Crippen LogP contribution in [0.1, 0.15) is 11.1 Å². The Bertz CT molecular complexity index is 1020. The molecule has 4 aromatic rings. The summed E-state index contributed by atoms with van der Waals surface area (Å²) in [5.41, 5.74) is 1.42. The summed E-state index contributed by atoms with van der Waals surface area (Å²) in [7, 11) is 0. The third-order valence-corrected chi connectivity index (χ3v) is 3.86. The highest BCUT2D eigenvalue weighted by atomic mass is 19.4. The Hall–Kier alpha value is -3.16. The van der Waals surface area contributed by atoms with Gasteiger partial charge in [0.05, 0.1) is 18.3 Å². The zero-order chi connectivity index (χ0) is 17.4. The smallest absolute Gasteiger partial charge is 0.335 e. The van der Waals surface area contributed by atoms with Crippen LogP contribution in [0, 0.1) is 0 Å². The van der Waals surface area contributed by atoms with Crippen molar-refractivity contribution in [2.45, 2.75) is 12.7 Å². The Morgan fingerprint density at radius 1 is 1.04 bits per heavy atom. The lowest BCUT2D eigenvalue weighted by atomic mass is 10.1. The SMILES string of the molecule is FC(F)(F)c1ccccc1Cn1ncc2[nH]c(-c3cccnc3)nc21. The zero-order valence-corrected chi connectivity index (χ0v) is 12.8. The minimum Gasteiger partial charge on any atom is -0.335 e. The van der Waals surface area contributed by atoms with Crippen molar-refractivity contribution in [1.82, 2.24) is 24.7 Å². The van der Waals surface area contributed by atoms with Crippen LogP contribution in [-0.2, 0) is 12.7 Å². The fourth-order valence-corrected chi connectivity index (χ4v) is 2.70. The molecule has 0 bridgehead atoms. The van der Waals surface area contributed by atoms with Crippen LogP contribution in [-0.4, -0.2) is 24.7 Å². The molecule has 0 radical (unpaired) electrons. The van der Waals surface area contributed by atoms with E-state index in [1.807, 2.05) is 6.07 Å². The van der Waals surface area contributed by atoms with Crippen LogP contribution in [0.25, 0.3) is 22.6 Å². The summed E-state index contributed by atoms with van der Waals surface area (Å²) < 4.78 is 40.9. The van der Waals surface area contributed by atoms with Crippen molar-refractivity contribution in [3.63, 3.8) is 0 Å². The Balaban J connectivity index is 1.73. The lowest BCUT2D eigenvalue weighted by molar-refractivity contribution is -0.138. The molecule has 1 N–H and O–H groups in total.